The fourth-order valence-corrected chi connectivity index (χ4v) is 3.58. The Labute approximate surface area is 183 Å². The molecular weight excluding hydrogens is 416 g/mol. The molecule has 8 heteroatoms. The Hall–Kier alpha value is -3.71. The summed E-state index contributed by atoms with van der Waals surface area (Å²) in [6.07, 6.45) is 3.95. The average Bonchev–Trinajstić information content (AvgIpc) is 2.78. The maximum atomic E-state index is 12.9. The van der Waals surface area contributed by atoms with Gasteiger partial charge in [-0.3, -0.25) is 14.6 Å². The number of hydrogen-bond acceptors (Lipinski definition) is 5. The summed E-state index contributed by atoms with van der Waals surface area (Å²) in [5, 5.41) is 8.88. The Balaban J connectivity index is 1.64. The highest BCUT2D eigenvalue weighted by molar-refractivity contribution is 6.32. The number of benzene rings is 2. The van der Waals surface area contributed by atoms with E-state index >= 15 is 0 Å². The van der Waals surface area contributed by atoms with E-state index in [1.54, 1.807) is 42.7 Å². The largest absolute Gasteiger partial charge is 0.495 e. The number of pyridine rings is 1. The highest BCUT2D eigenvalue weighted by Gasteiger charge is 2.14. The molecule has 0 saturated carbocycles. The first-order valence-corrected chi connectivity index (χ1v) is 9.94. The molecule has 0 radical (unpaired) electrons. The van der Waals surface area contributed by atoms with Crippen molar-refractivity contribution in [2.75, 3.05) is 12.4 Å². The number of nitrogens with zero attached hydrogens (tertiary/aromatic N) is 3. The molecule has 31 heavy (non-hydrogen) atoms. The van der Waals surface area contributed by atoms with Gasteiger partial charge in [0.2, 0.25) is 5.91 Å². The first kappa shape index (κ1) is 20.6. The standard InChI is InChI=1S/C23H19ClN4O3/c1-31-21-9-8-16(12-19(21)24)26-22(29)14-28-23(30)18-7-3-2-6-17(18)20(27-28)11-15-5-4-10-25-13-15/h2-10,12-13H,11,14H2,1H3,(H,26,29). The van der Waals surface area contributed by atoms with Gasteiger partial charge in [0.05, 0.1) is 23.2 Å². The van der Waals surface area contributed by atoms with Gasteiger partial charge in [0.15, 0.2) is 0 Å². The second-order valence-electron chi connectivity index (χ2n) is 6.89. The lowest BCUT2D eigenvalue weighted by molar-refractivity contribution is -0.117. The van der Waals surface area contributed by atoms with E-state index in [0.29, 0.717) is 34.0 Å². The summed E-state index contributed by atoms with van der Waals surface area (Å²) in [7, 11) is 1.51. The monoisotopic (exact) mass is 434 g/mol. The lowest BCUT2D eigenvalue weighted by Crippen LogP contribution is -2.30. The summed E-state index contributed by atoms with van der Waals surface area (Å²) in [5.41, 5.74) is 1.83. The van der Waals surface area contributed by atoms with E-state index in [4.69, 9.17) is 16.3 Å². The molecule has 2 aromatic carbocycles. The van der Waals surface area contributed by atoms with Crippen molar-refractivity contribution >= 4 is 34.0 Å². The van der Waals surface area contributed by atoms with Crippen molar-refractivity contribution in [2.24, 2.45) is 0 Å². The number of carbonyl (C=O) groups excluding carboxylic acids is 1. The summed E-state index contributed by atoms with van der Waals surface area (Å²) in [4.78, 5) is 29.7. The number of amides is 1. The topological polar surface area (TPSA) is 86.1 Å². The highest BCUT2D eigenvalue weighted by Crippen LogP contribution is 2.27. The number of rotatable bonds is 6. The normalized spacial score (nSPS) is 10.8. The Morgan fingerprint density at radius 1 is 1.13 bits per heavy atom. The highest BCUT2D eigenvalue weighted by atomic mass is 35.5. The average molecular weight is 435 g/mol. The van der Waals surface area contributed by atoms with E-state index < -0.39 is 5.91 Å². The lowest BCUT2D eigenvalue weighted by atomic mass is 10.1. The van der Waals surface area contributed by atoms with Gasteiger partial charge in [-0.2, -0.15) is 5.10 Å². The Bertz CT molecular complexity index is 1310. The van der Waals surface area contributed by atoms with Crippen LogP contribution in [0.4, 0.5) is 5.69 Å². The minimum absolute atomic E-state index is 0.229. The third-order valence-corrected chi connectivity index (χ3v) is 5.06. The molecule has 2 heterocycles. The van der Waals surface area contributed by atoms with Gasteiger partial charge in [-0.15, -0.1) is 0 Å². The molecule has 0 atom stereocenters. The molecule has 7 nitrogen and oxygen atoms in total. The van der Waals surface area contributed by atoms with E-state index in [9.17, 15) is 9.59 Å². The third-order valence-electron chi connectivity index (χ3n) is 4.77. The van der Waals surface area contributed by atoms with Gasteiger partial charge >= 0.3 is 0 Å². The quantitative estimate of drug-likeness (QED) is 0.500. The molecule has 0 saturated heterocycles. The molecule has 0 unspecified atom stereocenters. The second kappa shape index (κ2) is 8.97. The molecule has 0 bridgehead atoms. The first-order chi connectivity index (χ1) is 15.0. The SMILES string of the molecule is COc1ccc(NC(=O)Cn2nc(Cc3cccnc3)c3ccccc3c2=O)cc1Cl. The zero-order chi connectivity index (χ0) is 21.8. The smallest absolute Gasteiger partial charge is 0.275 e. The van der Waals surface area contributed by atoms with Crippen LogP contribution in [0.2, 0.25) is 5.02 Å². The van der Waals surface area contributed by atoms with Crippen molar-refractivity contribution in [1.29, 1.82) is 0 Å². The molecule has 0 spiro atoms. The fraction of sp³-hybridized carbons (Fsp3) is 0.130. The number of carbonyl (C=O) groups is 1. The summed E-state index contributed by atoms with van der Waals surface area (Å²) in [5.74, 6) is 0.116. The Morgan fingerprint density at radius 3 is 2.65 bits per heavy atom. The zero-order valence-electron chi connectivity index (χ0n) is 16.7. The Kier molecular flexibility index (Phi) is 5.95. The van der Waals surface area contributed by atoms with Crippen LogP contribution >= 0.6 is 11.6 Å². The van der Waals surface area contributed by atoms with Crippen molar-refractivity contribution in [2.45, 2.75) is 13.0 Å². The van der Waals surface area contributed by atoms with Crippen molar-refractivity contribution in [3.63, 3.8) is 0 Å². The minimum Gasteiger partial charge on any atom is -0.495 e. The Morgan fingerprint density at radius 2 is 1.94 bits per heavy atom. The number of nitrogens with one attached hydrogen (secondary N) is 1. The summed E-state index contributed by atoms with van der Waals surface area (Å²) in [6.45, 7) is -0.229. The minimum atomic E-state index is -0.390. The van der Waals surface area contributed by atoms with E-state index in [2.05, 4.69) is 15.4 Å². The predicted molar refractivity (Wildman–Crippen MR) is 120 cm³/mol. The van der Waals surface area contributed by atoms with E-state index in [1.807, 2.05) is 24.3 Å². The molecule has 0 aliphatic rings. The molecule has 4 aromatic rings. The number of anilines is 1. The molecule has 0 aliphatic carbocycles. The number of ether oxygens (including phenoxy) is 1. The van der Waals surface area contributed by atoms with Gasteiger partial charge in [-0.1, -0.05) is 35.9 Å². The number of halogens is 1. The van der Waals surface area contributed by atoms with Crippen molar-refractivity contribution in [1.82, 2.24) is 14.8 Å². The number of aromatic nitrogens is 3. The van der Waals surface area contributed by atoms with Crippen LogP contribution in [-0.2, 0) is 17.8 Å². The summed E-state index contributed by atoms with van der Waals surface area (Å²) in [6, 6.07) is 16.0. The van der Waals surface area contributed by atoms with Crippen LogP contribution in [0.3, 0.4) is 0 Å². The van der Waals surface area contributed by atoms with E-state index in [1.165, 1.54) is 11.8 Å². The molecule has 1 N–H and O–H groups in total. The molecule has 0 fully saturated rings. The van der Waals surface area contributed by atoms with Gasteiger partial charge < -0.3 is 10.1 Å². The number of hydrogen-bond donors (Lipinski definition) is 1. The van der Waals surface area contributed by atoms with Gasteiger partial charge in [0.25, 0.3) is 5.56 Å². The van der Waals surface area contributed by atoms with E-state index in [-0.39, 0.29) is 12.1 Å². The van der Waals surface area contributed by atoms with Gasteiger partial charge in [0.1, 0.15) is 12.3 Å². The van der Waals surface area contributed by atoms with Crippen LogP contribution in [0.1, 0.15) is 11.3 Å². The van der Waals surface area contributed by atoms with Crippen LogP contribution in [0.15, 0.2) is 71.8 Å². The molecule has 0 aliphatic heterocycles. The van der Waals surface area contributed by atoms with Gasteiger partial charge in [-0.25, -0.2) is 4.68 Å². The van der Waals surface area contributed by atoms with Gasteiger partial charge in [-0.05, 0) is 35.9 Å². The zero-order valence-corrected chi connectivity index (χ0v) is 17.5. The first-order valence-electron chi connectivity index (χ1n) is 9.56. The molecule has 2 aromatic heterocycles. The molecule has 1 amide bonds. The molecule has 4 rings (SSSR count). The lowest BCUT2D eigenvalue weighted by Gasteiger charge is -2.12. The fourth-order valence-electron chi connectivity index (χ4n) is 3.32. The third kappa shape index (κ3) is 4.57. The number of fused-ring (bicyclic) bond motifs is 1. The second-order valence-corrected chi connectivity index (χ2v) is 7.30. The summed E-state index contributed by atoms with van der Waals surface area (Å²) >= 11 is 6.11. The van der Waals surface area contributed by atoms with Crippen molar-refractivity contribution in [3.05, 3.63) is 93.6 Å². The van der Waals surface area contributed by atoms with Gasteiger partial charge in [0, 0.05) is 29.9 Å². The van der Waals surface area contributed by atoms with E-state index in [0.717, 1.165) is 10.9 Å². The predicted octanol–water partition coefficient (Wildman–Crippen LogP) is 3.68. The van der Waals surface area contributed by atoms with Crippen LogP contribution < -0.4 is 15.6 Å². The van der Waals surface area contributed by atoms with Crippen molar-refractivity contribution in [3.8, 4) is 5.75 Å². The molecule has 156 valence electrons. The maximum Gasteiger partial charge on any atom is 0.275 e. The molecular formula is C23H19ClN4O3. The van der Waals surface area contributed by atoms with Crippen LogP contribution in [0.5, 0.6) is 5.75 Å². The number of methoxy groups -OCH3 is 1. The van der Waals surface area contributed by atoms with Crippen molar-refractivity contribution < 1.29 is 9.53 Å². The maximum absolute atomic E-state index is 12.9. The van der Waals surface area contributed by atoms with Crippen LogP contribution in [0.25, 0.3) is 10.8 Å². The van der Waals surface area contributed by atoms with Crippen LogP contribution in [0, 0.1) is 0 Å². The summed E-state index contributed by atoms with van der Waals surface area (Å²) < 4.78 is 6.30. The van der Waals surface area contributed by atoms with Crippen LogP contribution in [-0.4, -0.2) is 27.8 Å².